The molecule has 0 saturated heterocycles. The molecule has 4 rings (SSSR count). The Morgan fingerprint density at radius 3 is 2.17 bits per heavy atom. The minimum Gasteiger partial charge on any atom is -0.144 e. The van der Waals surface area contributed by atoms with Crippen LogP contribution < -0.4 is 0 Å². The van der Waals surface area contributed by atoms with Crippen molar-refractivity contribution in [1.82, 2.24) is 0 Å². The molecule has 1 heterocycles. The number of fused-ring (bicyclic) bond motifs is 2. The highest BCUT2D eigenvalue weighted by molar-refractivity contribution is 7.17. The molecule has 0 N–H and O–H groups in total. The SMILES string of the molecule is CC1(C)CCC(C)(C)c2cc(-c3ccc4sccc4c3)ccc21. The van der Waals surface area contributed by atoms with Crippen LogP contribution in [0.15, 0.2) is 47.8 Å². The standard InChI is InChI=1S/C22H24S/c1-21(2)10-11-22(3,4)19-14-16(5-7-18(19)21)15-6-8-20-17(13-15)9-12-23-20/h5-9,12-14H,10-11H2,1-4H3. The summed E-state index contributed by atoms with van der Waals surface area (Å²) in [6.45, 7) is 9.57. The first-order chi connectivity index (χ1) is 10.9. The van der Waals surface area contributed by atoms with Crippen LogP contribution in [0.1, 0.15) is 51.7 Å². The minimum atomic E-state index is 0.271. The molecule has 23 heavy (non-hydrogen) atoms. The Labute approximate surface area is 143 Å². The van der Waals surface area contributed by atoms with Gasteiger partial charge in [-0.1, -0.05) is 52.0 Å². The lowest BCUT2D eigenvalue weighted by molar-refractivity contribution is 0.332. The second kappa shape index (κ2) is 4.95. The second-order valence-corrected chi connectivity index (χ2v) is 9.15. The van der Waals surface area contributed by atoms with E-state index >= 15 is 0 Å². The fourth-order valence-electron chi connectivity index (χ4n) is 3.91. The zero-order valence-electron chi connectivity index (χ0n) is 14.4. The summed E-state index contributed by atoms with van der Waals surface area (Å²) in [5.74, 6) is 0. The molecule has 2 aromatic carbocycles. The molecular weight excluding hydrogens is 296 g/mol. The molecule has 1 aliphatic carbocycles. The van der Waals surface area contributed by atoms with Crippen molar-refractivity contribution in [2.45, 2.75) is 51.4 Å². The van der Waals surface area contributed by atoms with Gasteiger partial charge in [0, 0.05) is 4.70 Å². The first kappa shape index (κ1) is 15.0. The third-order valence-corrected chi connectivity index (χ3v) is 6.54. The Hall–Kier alpha value is -1.60. The molecule has 0 aliphatic heterocycles. The maximum atomic E-state index is 2.45. The highest BCUT2D eigenvalue weighted by Gasteiger charge is 2.36. The van der Waals surface area contributed by atoms with Gasteiger partial charge in [0.05, 0.1) is 0 Å². The van der Waals surface area contributed by atoms with Crippen molar-refractivity contribution < 1.29 is 0 Å². The fourth-order valence-corrected chi connectivity index (χ4v) is 4.69. The van der Waals surface area contributed by atoms with E-state index < -0.39 is 0 Å². The van der Waals surface area contributed by atoms with E-state index in [-0.39, 0.29) is 5.41 Å². The summed E-state index contributed by atoms with van der Waals surface area (Å²) < 4.78 is 1.37. The summed E-state index contributed by atoms with van der Waals surface area (Å²) >= 11 is 1.81. The van der Waals surface area contributed by atoms with Gasteiger partial charge in [0.1, 0.15) is 0 Å². The van der Waals surface area contributed by atoms with Gasteiger partial charge < -0.3 is 0 Å². The average Bonchev–Trinajstić information content (AvgIpc) is 2.99. The number of hydrogen-bond acceptors (Lipinski definition) is 1. The van der Waals surface area contributed by atoms with E-state index in [9.17, 15) is 0 Å². The number of thiophene rings is 1. The van der Waals surface area contributed by atoms with Crippen LogP contribution in [0.3, 0.4) is 0 Å². The third kappa shape index (κ3) is 2.42. The van der Waals surface area contributed by atoms with Gasteiger partial charge >= 0.3 is 0 Å². The Kier molecular flexibility index (Phi) is 3.22. The molecule has 0 bridgehead atoms. The first-order valence-electron chi connectivity index (χ1n) is 8.50. The van der Waals surface area contributed by atoms with E-state index in [1.165, 1.54) is 45.2 Å². The lowest BCUT2D eigenvalue weighted by Crippen LogP contribution is -2.33. The smallest absolute Gasteiger partial charge is 0.0343 e. The van der Waals surface area contributed by atoms with Gasteiger partial charge in [-0.15, -0.1) is 11.3 Å². The van der Waals surface area contributed by atoms with E-state index in [0.29, 0.717) is 5.41 Å². The highest BCUT2D eigenvalue weighted by Crippen LogP contribution is 2.46. The maximum Gasteiger partial charge on any atom is 0.0343 e. The van der Waals surface area contributed by atoms with E-state index in [4.69, 9.17) is 0 Å². The maximum absolute atomic E-state index is 2.45. The number of rotatable bonds is 1. The number of benzene rings is 2. The Morgan fingerprint density at radius 1 is 0.739 bits per heavy atom. The predicted molar refractivity (Wildman–Crippen MR) is 103 cm³/mol. The number of hydrogen-bond donors (Lipinski definition) is 0. The third-order valence-electron chi connectivity index (χ3n) is 5.64. The molecule has 1 heteroatoms. The topological polar surface area (TPSA) is 0 Å². The quantitative estimate of drug-likeness (QED) is 0.456. The van der Waals surface area contributed by atoms with Crippen molar-refractivity contribution in [3.8, 4) is 11.1 Å². The predicted octanol–water partition coefficient (Wildman–Crippen LogP) is 6.92. The summed E-state index contributed by atoms with van der Waals surface area (Å²) in [6, 6.07) is 16.2. The molecule has 0 amide bonds. The largest absolute Gasteiger partial charge is 0.144 e. The second-order valence-electron chi connectivity index (χ2n) is 8.20. The van der Waals surface area contributed by atoms with Crippen LogP contribution in [0.4, 0.5) is 0 Å². The van der Waals surface area contributed by atoms with Crippen molar-refractivity contribution >= 4 is 21.4 Å². The Bertz CT molecular complexity index is 880. The van der Waals surface area contributed by atoms with Gasteiger partial charge in [0.2, 0.25) is 0 Å². The molecule has 3 aromatic rings. The monoisotopic (exact) mass is 320 g/mol. The molecule has 0 unspecified atom stereocenters. The molecule has 0 saturated carbocycles. The van der Waals surface area contributed by atoms with Crippen LogP contribution in [-0.2, 0) is 10.8 Å². The molecule has 0 atom stereocenters. The Morgan fingerprint density at radius 2 is 1.39 bits per heavy atom. The van der Waals surface area contributed by atoms with Crippen LogP contribution in [0.25, 0.3) is 21.2 Å². The lowest BCUT2D eigenvalue weighted by atomic mass is 9.63. The first-order valence-corrected chi connectivity index (χ1v) is 9.37. The van der Waals surface area contributed by atoms with E-state index in [2.05, 4.69) is 75.5 Å². The van der Waals surface area contributed by atoms with Crippen molar-refractivity contribution in [2.24, 2.45) is 0 Å². The summed E-state index contributed by atoms with van der Waals surface area (Å²) in [7, 11) is 0. The van der Waals surface area contributed by atoms with Crippen molar-refractivity contribution in [1.29, 1.82) is 0 Å². The summed E-state index contributed by atoms with van der Waals surface area (Å²) in [6.07, 6.45) is 2.53. The van der Waals surface area contributed by atoms with Gasteiger partial charge in [-0.25, -0.2) is 0 Å². The molecule has 0 nitrogen and oxygen atoms in total. The van der Waals surface area contributed by atoms with Crippen LogP contribution in [0, 0.1) is 0 Å². The van der Waals surface area contributed by atoms with Crippen LogP contribution in [0.5, 0.6) is 0 Å². The normalized spacial score (nSPS) is 18.8. The minimum absolute atomic E-state index is 0.271. The lowest BCUT2D eigenvalue weighted by Gasteiger charge is -2.42. The average molecular weight is 321 g/mol. The van der Waals surface area contributed by atoms with Crippen molar-refractivity contribution in [3.63, 3.8) is 0 Å². The van der Waals surface area contributed by atoms with E-state index in [1.54, 1.807) is 0 Å². The molecule has 118 valence electrons. The Balaban J connectivity index is 1.88. The molecule has 0 spiro atoms. The van der Waals surface area contributed by atoms with E-state index in [1.807, 2.05) is 11.3 Å². The van der Waals surface area contributed by atoms with Gasteiger partial charge in [0.15, 0.2) is 0 Å². The van der Waals surface area contributed by atoms with Crippen molar-refractivity contribution in [3.05, 3.63) is 59.0 Å². The summed E-state index contributed by atoms with van der Waals surface area (Å²) in [5.41, 5.74) is 6.32. The van der Waals surface area contributed by atoms with Crippen LogP contribution in [0.2, 0.25) is 0 Å². The molecule has 1 aliphatic rings. The van der Waals surface area contributed by atoms with Gasteiger partial charge in [-0.2, -0.15) is 0 Å². The molecule has 0 radical (unpaired) electrons. The molecular formula is C22H24S. The summed E-state index contributed by atoms with van der Waals surface area (Å²) in [5, 5.41) is 3.53. The molecule has 1 aromatic heterocycles. The zero-order valence-corrected chi connectivity index (χ0v) is 15.3. The van der Waals surface area contributed by atoms with Crippen LogP contribution in [-0.4, -0.2) is 0 Å². The van der Waals surface area contributed by atoms with Gasteiger partial charge in [0.25, 0.3) is 0 Å². The summed E-state index contributed by atoms with van der Waals surface area (Å²) in [4.78, 5) is 0. The van der Waals surface area contributed by atoms with Crippen LogP contribution >= 0.6 is 11.3 Å². The fraction of sp³-hybridized carbons (Fsp3) is 0.364. The molecule has 0 fully saturated rings. The van der Waals surface area contributed by atoms with Gasteiger partial charge in [-0.3, -0.25) is 0 Å². The van der Waals surface area contributed by atoms with E-state index in [0.717, 1.165) is 0 Å². The zero-order chi connectivity index (χ0) is 16.2. The highest BCUT2D eigenvalue weighted by atomic mass is 32.1. The van der Waals surface area contributed by atoms with Crippen molar-refractivity contribution in [2.75, 3.05) is 0 Å². The van der Waals surface area contributed by atoms with Gasteiger partial charge in [-0.05, 0) is 74.9 Å².